The van der Waals surface area contributed by atoms with Gasteiger partial charge in [-0.25, -0.2) is 0 Å². The second kappa shape index (κ2) is 8.26. The van der Waals surface area contributed by atoms with E-state index in [4.69, 9.17) is 13.9 Å². The summed E-state index contributed by atoms with van der Waals surface area (Å²) in [7, 11) is 1.55. The molecule has 2 amide bonds. The molecule has 1 aromatic heterocycles. The van der Waals surface area contributed by atoms with Gasteiger partial charge in [-0.2, -0.15) is 0 Å². The number of hydrogen-bond acceptors (Lipinski definition) is 5. The number of carbonyl (C=O) groups excluding carboxylic acids is 2. The second-order valence-corrected chi connectivity index (χ2v) is 6.89. The first kappa shape index (κ1) is 18.9. The summed E-state index contributed by atoms with van der Waals surface area (Å²) in [5, 5.41) is 1.05. The Hall–Kier alpha value is -3.48. The molecule has 1 heterocycles. The molecule has 29 heavy (non-hydrogen) atoms. The summed E-state index contributed by atoms with van der Waals surface area (Å²) in [6.45, 7) is -0.214. The number of ether oxygens (including phenoxy) is 2. The van der Waals surface area contributed by atoms with Gasteiger partial charge in [0.05, 0.1) is 7.11 Å². The second-order valence-electron chi connectivity index (χ2n) is 6.89. The van der Waals surface area contributed by atoms with E-state index in [0.717, 1.165) is 42.4 Å². The SMILES string of the molecule is COc1ccc(C(=O)NNC(=O)COc2ccc3oc4c(c3c2)CCCC4)cc1. The lowest BCUT2D eigenvalue weighted by Crippen LogP contribution is -2.43. The molecule has 0 fully saturated rings. The highest BCUT2D eigenvalue weighted by Crippen LogP contribution is 2.33. The molecule has 0 bridgehead atoms. The highest BCUT2D eigenvalue weighted by molar-refractivity contribution is 5.95. The molecular formula is C22H22N2O5. The van der Waals surface area contributed by atoms with Crippen LogP contribution < -0.4 is 20.3 Å². The van der Waals surface area contributed by atoms with Gasteiger partial charge in [-0.3, -0.25) is 20.4 Å². The molecule has 7 nitrogen and oxygen atoms in total. The summed E-state index contributed by atoms with van der Waals surface area (Å²) in [5.74, 6) is 1.41. The third-order valence-electron chi connectivity index (χ3n) is 4.96. The van der Waals surface area contributed by atoms with Crippen LogP contribution in [0.4, 0.5) is 0 Å². The number of nitrogens with one attached hydrogen (secondary N) is 2. The monoisotopic (exact) mass is 394 g/mol. The minimum atomic E-state index is -0.457. The van der Waals surface area contributed by atoms with E-state index in [1.165, 1.54) is 5.56 Å². The molecule has 2 N–H and O–H groups in total. The zero-order chi connectivity index (χ0) is 20.2. The Kier molecular flexibility index (Phi) is 5.37. The van der Waals surface area contributed by atoms with Crippen molar-refractivity contribution < 1.29 is 23.5 Å². The van der Waals surface area contributed by atoms with Crippen LogP contribution in [0.15, 0.2) is 46.9 Å². The summed E-state index contributed by atoms with van der Waals surface area (Å²) in [5.41, 5.74) is 7.21. The first-order valence-electron chi connectivity index (χ1n) is 9.54. The minimum Gasteiger partial charge on any atom is -0.497 e. The Balaban J connectivity index is 1.31. The van der Waals surface area contributed by atoms with E-state index in [1.54, 1.807) is 37.4 Å². The van der Waals surface area contributed by atoms with Crippen LogP contribution in [0.1, 0.15) is 34.5 Å². The van der Waals surface area contributed by atoms with E-state index < -0.39 is 11.8 Å². The van der Waals surface area contributed by atoms with Crippen LogP contribution in [0.2, 0.25) is 0 Å². The van der Waals surface area contributed by atoms with E-state index in [-0.39, 0.29) is 6.61 Å². The zero-order valence-electron chi connectivity index (χ0n) is 16.1. The number of methoxy groups -OCH3 is 1. The summed E-state index contributed by atoms with van der Waals surface area (Å²) in [6.07, 6.45) is 4.28. The van der Waals surface area contributed by atoms with Gasteiger partial charge in [0.1, 0.15) is 22.8 Å². The number of amides is 2. The van der Waals surface area contributed by atoms with Gasteiger partial charge in [0.25, 0.3) is 11.8 Å². The van der Waals surface area contributed by atoms with Crippen molar-refractivity contribution in [2.24, 2.45) is 0 Å². The highest BCUT2D eigenvalue weighted by atomic mass is 16.5. The van der Waals surface area contributed by atoms with Crippen molar-refractivity contribution in [3.63, 3.8) is 0 Å². The van der Waals surface area contributed by atoms with Gasteiger partial charge in [0.15, 0.2) is 6.61 Å². The van der Waals surface area contributed by atoms with E-state index >= 15 is 0 Å². The van der Waals surface area contributed by atoms with Crippen molar-refractivity contribution in [1.29, 1.82) is 0 Å². The Morgan fingerprint density at radius 1 is 1.00 bits per heavy atom. The number of fused-ring (bicyclic) bond motifs is 3. The predicted molar refractivity (Wildman–Crippen MR) is 107 cm³/mol. The Morgan fingerprint density at radius 2 is 1.76 bits per heavy atom. The van der Waals surface area contributed by atoms with Crippen molar-refractivity contribution in [3.05, 3.63) is 59.4 Å². The van der Waals surface area contributed by atoms with Crippen LogP contribution in [0.25, 0.3) is 11.0 Å². The maximum absolute atomic E-state index is 12.1. The average molecular weight is 394 g/mol. The summed E-state index contributed by atoms with van der Waals surface area (Å²) >= 11 is 0. The number of aryl methyl sites for hydroxylation is 2. The fourth-order valence-electron chi connectivity index (χ4n) is 3.46. The third kappa shape index (κ3) is 4.18. The molecule has 2 aromatic carbocycles. The summed E-state index contributed by atoms with van der Waals surface area (Å²) in [6, 6.07) is 12.1. The predicted octanol–water partition coefficient (Wildman–Crippen LogP) is 3.16. The lowest BCUT2D eigenvalue weighted by molar-refractivity contribution is -0.123. The molecule has 0 saturated heterocycles. The molecule has 0 aliphatic heterocycles. The topological polar surface area (TPSA) is 89.8 Å². The molecule has 0 unspecified atom stereocenters. The highest BCUT2D eigenvalue weighted by Gasteiger charge is 2.18. The standard InChI is InChI=1S/C22H22N2O5/c1-27-15-8-6-14(7-9-15)22(26)24-23-21(25)13-28-16-10-11-20-18(12-16)17-4-2-3-5-19(17)29-20/h6-12H,2-5,13H2,1H3,(H,23,25)(H,24,26). The van der Waals surface area contributed by atoms with Crippen molar-refractivity contribution in [2.45, 2.75) is 25.7 Å². The molecule has 7 heteroatoms. The first-order chi connectivity index (χ1) is 14.1. The fraction of sp³-hybridized carbons (Fsp3) is 0.273. The van der Waals surface area contributed by atoms with Gasteiger partial charge in [-0.15, -0.1) is 0 Å². The zero-order valence-corrected chi connectivity index (χ0v) is 16.1. The number of carbonyl (C=O) groups is 2. The van der Waals surface area contributed by atoms with Gasteiger partial charge in [0, 0.05) is 22.9 Å². The molecule has 1 aliphatic carbocycles. The van der Waals surface area contributed by atoms with Crippen molar-refractivity contribution in [1.82, 2.24) is 10.9 Å². The minimum absolute atomic E-state index is 0.214. The largest absolute Gasteiger partial charge is 0.497 e. The first-order valence-corrected chi connectivity index (χ1v) is 9.54. The lowest BCUT2D eigenvalue weighted by atomic mass is 9.96. The maximum Gasteiger partial charge on any atom is 0.276 e. The van der Waals surface area contributed by atoms with E-state index in [9.17, 15) is 9.59 Å². The molecule has 0 saturated carbocycles. The third-order valence-corrected chi connectivity index (χ3v) is 4.96. The fourth-order valence-corrected chi connectivity index (χ4v) is 3.46. The van der Waals surface area contributed by atoms with E-state index in [0.29, 0.717) is 17.1 Å². The van der Waals surface area contributed by atoms with Crippen LogP contribution in [0.3, 0.4) is 0 Å². The molecule has 0 atom stereocenters. The quantitative estimate of drug-likeness (QED) is 0.649. The van der Waals surface area contributed by atoms with E-state index in [2.05, 4.69) is 10.9 Å². The number of hydrazine groups is 1. The van der Waals surface area contributed by atoms with Crippen molar-refractivity contribution in [3.8, 4) is 11.5 Å². The van der Waals surface area contributed by atoms with Crippen LogP contribution in [0.5, 0.6) is 11.5 Å². The van der Waals surface area contributed by atoms with Gasteiger partial charge in [-0.05, 0) is 61.7 Å². The molecule has 3 aromatic rings. The van der Waals surface area contributed by atoms with Crippen LogP contribution in [-0.4, -0.2) is 25.5 Å². The molecule has 0 radical (unpaired) electrons. The van der Waals surface area contributed by atoms with Gasteiger partial charge in [-0.1, -0.05) is 0 Å². The smallest absolute Gasteiger partial charge is 0.276 e. The van der Waals surface area contributed by atoms with E-state index in [1.807, 2.05) is 12.1 Å². The Morgan fingerprint density at radius 3 is 2.55 bits per heavy atom. The lowest BCUT2D eigenvalue weighted by Gasteiger charge is -2.10. The van der Waals surface area contributed by atoms with Gasteiger partial charge in [0.2, 0.25) is 0 Å². The van der Waals surface area contributed by atoms with Gasteiger partial charge >= 0.3 is 0 Å². The number of rotatable bonds is 5. The number of benzene rings is 2. The molecule has 1 aliphatic rings. The van der Waals surface area contributed by atoms with Crippen molar-refractivity contribution >= 4 is 22.8 Å². The molecule has 150 valence electrons. The average Bonchev–Trinajstić information content (AvgIpc) is 3.14. The van der Waals surface area contributed by atoms with Crippen LogP contribution in [0, 0.1) is 0 Å². The molecular weight excluding hydrogens is 372 g/mol. The van der Waals surface area contributed by atoms with Gasteiger partial charge < -0.3 is 13.9 Å². The molecule has 4 rings (SSSR count). The van der Waals surface area contributed by atoms with Crippen molar-refractivity contribution in [2.75, 3.05) is 13.7 Å². The summed E-state index contributed by atoms with van der Waals surface area (Å²) < 4.78 is 16.5. The van der Waals surface area contributed by atoms with Crippen LogP contribution >= 0.6 is 0 Å². The Labute approximate surface area is 167 Å². The number of furan rings is 1. The normalized spacial score (nSPS) is 12.9. The Bertz CT molecular complexity index is 1040. The molecule has 0 spiro atoms. The number of hydrogen-bond donors (Lipinski definition) is 2. The maximum atomic E-state index is 12.1. The summed E-state index contributed by atoms with van der Waals surface area (Å²) in [4.78, 5) is 24.1. The van der Waals surface area contributed by atoms with Crippen LogP contribution in [-0.2, 0) is 17.6 Å².